The highest BCUT2D eigenvalue weighted by Gasteiger charge is 2.27. The maximum absolute atomic E-state index is 12.7. The van der Waals surface area contributed by atoms with Crippen molar-refractivity contribution < 1.29 is 14.0 Å². The Morgan fingerprint density at radius 3 is 2.75 bits per heavy atom. The molecule has 0 unspecified atom stereocenters. The minimum atomic E-state index is -0.520. The van der Waals surface area contributed by atoms with Crippen LogP contribution in [0.4, 0.5) is 0 Å². The van der Waals surface area contributed by atoms with E-state index in [-0.39, 0.29) is 17.6 Å². The third kappa shape index (κ3) is 3.42. The molecule has 1 amide bonds. The summed E-state index contributed by atoms with van der Waals surface area (Å²) in [5, 5.41) is 0. The number of amides is 1. The van der Waals surface area contributed by atoms with E-state index in [4.69, 9.17) is 4.42 Å². The number of H-pyrrole nitrogens is 1. The van der Waals surface area contributed by atoms with E-state index in [1.165, 1.54) is 0 Å². The van der Waals surface area contributed by atoms with Gasteiger partial charge < -0.3 is 9.32 Å². The molecule has 2 heterocycles. The molecule has 1 aliphatic rings. The number of nitrogens with zero attached hydrogens (tertiary/aromatic N) is 1. The van der Waals surface area contributed by atoms with Crippen molar-refractivity contribution in [3.63, 3.8) is 0 Å². The first-order valence-corrected chi connectivity index (χ1v) is 8.53. The monoisotopic (exact) mass is 330 g/mol. The minimum absolute atomic E-state index is 0.0569. The molecule has 1 fully saturated rings. The van der Waals surface area contributed by atoms with Crippen molar-refractivity contribution >= 4 is 22.8 Å². The van der Waals surface area contributed by atoms with Crippen LogP contribution in [0.3, 0.4) is 0 Å². The highest BCUT2D eigenvalue weighted by Crippen LogP contribution is 2.24. The fourth-order valence-electron chi connectivity index (χ4n) is 3.21. The predicted octanol–water partition coefficient (Wildman–Crippen LogP) is 2.73. The van der Waals surface area contributed by atoms with E-state index >= 15 is 0 Å². The zero-order chi connectivity index (χ0) is 17.1. The normalized spacial score (nSPS) is 15.8. The van der Waals surface area contributed by atoms with Crippen LogP contribution in [0, 0.1) is 5.92 Å². The van der Waals surface area contributed by atoms with Gasteiger partial charge in [-0.25, -0.2) is 4.79 Å². The molecular weight excluding hydrogens is 308 g/mol. The number of benzene rings is 1. The highest BCUT2D eigenvalue weighted by atomic mass is 16.4. The molecule has 0 saturated carbocycles. The molecule has 128 valence electrons. The molecule has 1 N–H and O–H groups in total. The van der Waals surface area contributed by atoms with Gasteiger partial charge >= 0.3 is 5.76 Å². The van der Waals surface area contributed by atoms with Gasteiger partial charge in [0.25, 0.3) is 0 Å². The molecule has 3 rings (SSSR count). The second kappa shape index (κ2) is 7.03. The molecule has 0 spiro atoms. The van der Waals surface area contributed by atoms with Crippen molar-refractivity contribution in [1.29, 1.82) is 0 Å². The molecule has 1 saturated heterocycles. The third-order valence-corrected chi connectivity index (χ3v) is 4.67. The van der Waals surface area contributed by atoms with E-state index in [1.807, 2.05) is 4.90 Å². The summed E-state index contributed by atoms with van der Waals surface area (Å²) < 4.78 is 5.02. The number of carbonyl (C=O) groups excluding carboxylic acids is 2. The standard InChI is InChI=1S/C18H22N2O4/c1-2-3-4-16(21)20-9-7-12(8-10-20)17(22)13-5-6-14-15(11-13)24-18(23)19-14/h5-6,11-12H,2-4,7-10H2,1H3,(H,19,23). The summed E-state index contributed by atoms with van der Waals surface area (Å²) in [7, 11) is 0. The molecular formula is C18H22N2O4. The van der Waals surface area contributed by atoms with E-state index in [0.717, 1.165) is 12.8 Å². The van der Waals surface area contributed by atoms with Crippen LogP contribution in [0.1, 0.15) is 49.4 Å². The lowest BCUT2D eigenvalue weighted by molar-refractivity contribution is -0.132. The number of rotatable bonds is 5. The fourth-order valence-corrected chi connectivity index (χ4v) is 3.21. The number of hydrogen-bond donors (Lipinski definition) is 1. The number of carbonyl (C=O) groups is 2. The zero-order valence-electron chi connectivity index (χ0n) is 13.8. The number of nitrogens with one attached hydrogen (secondary N) is 1. The van der Waals surface area contributed by atoms with Gasteiger partial charge in [-0.2, -0.15) is 0 Å². The lowest BCUT2D eigenvalue weighted by atomic mass is 9.88. The number of likely N-dealkylation sites (tertiary alicyclic amines) is 1. The van der Waals surface area contributed by atoms with E-state index in [0.29, 0.717) is 49.0 Å². The SMILES string of the molecule is CCCCC(=O)N1CCC(C(=O)c2ccc3[nH]c(=O)oc3c2)CC1. The number of fused-ring (bicyclic) bond motifs is 1. The van der Waals surface area contributed by atoms with Crippen LogP contribution in [0.15, 0.2) is 27.4 Å². The Bertz CT molecular complexity index is 797. The van der Waals surface area contributed by atoms with Gasteiger partial charge in [0.2, 0.25) is 5.91 Å². The van der Waals surface area contributed by atoms with Crippen LogP contribution in [0.25, 0.3) is 11.1 Å². The summed E-state index contributed by atoms with van der Waals surface area (Å²) in [4.78, 5) is 40.3. The number of Topliss-reactive ketones (excluding diaryl/α,β-unsaturated/α-hetero) is 1. The summed E-state index contributed by atoms with van der Waals surface area (Å²) in [6, 6.07) is 5.03. The molecule has 1 aliphatic heterocycles. The summed E-state index contributed by atoms with van der Waals surface area (Å²) in [5.74, 6) is -0.350. The van der Waals surface area contributed by atoms with Gasteiger partial charge in [0.15, 0.2) is 11.4 Å². The Balaban J connectivity index is 1.63. The first-order valence-electron chi connectivity index (χ1n) is 8.53. The van der Waals surface area contributed by atoms with E-state index < -0.39 is 5.76 Å². The van der Waals surface area contributed by atoms with Crippen LogP contribution in [-0.2, 0) is 4.79 Å². The summed E-state index contributed by atoms with van der Waals surface area (Å²) in [5.41, 5.74) is 1.55. The fraction of sp³-hybridized carbons (Fsp3) is 0.500. The molecule has 6 nitrogen and oxygen atoms in total. The molecule has 1 aromatic heterocycles. The summed E-state index contributed by atoms with van der Waals surface area (Å²) >= 11 is 0. The van der Waals surface area contributed by atoms with Crippen molar-refractivity contribution in [2.24, 2.45) is 5.92 Å². The second-order valence-electron chi connectivity index (χ2n) is 6.35. The Kier molecular flexibility index (Phi) is 4.83. The maximum atomic E-state index is 12.7. The van der Waals surface area contributed by atoms with Gasteiger partial charge in [0.05, 0.1) is 5.52 Å². The number of aromatic nitrogens is 1. The van der Waals surface area contributed by atoms with Crippen LogP contribution in [0.5, 0.6) is 0 Å². The Morgan fingerprint density at radius 2 is 2.04 bits per heavy atom. The highest BCUT2D eigenvalue weighted by molar-refractivity contribution is 6.00. The number of aromatic amines is 1. The molecule has 6 heteroatoms. The summed E-state index contributed by atoms with van der Waals surface area (Å²) in [6.45, 7) is 3.35. The van der Waals surface area contributed by atoms with Gasteiger partial charge in [-0.05, 0) is 37.5 Å². The molecule has 0 radical (unpaired) electrons. The van der Waals surface area contributed by atoms with Crippen molar-refractivity contribution in [3.05, 3.63) is 34.3 Å². The average Bonchev–Trinajstić information content (AvgIpc) is 2.98. The Morgan fingerprint density at radius 1 is 1.29 bits per heavy atom. The van der Waals surface area contributed by atoms with Crippen molar-refractivity contribution in [1.82, 2.24) is 9.88 Å². The zero-order valence-corrected chi connectivity index (χ0v) is 13.8. The van der Waals surface area contributed by atoms with E-state index in [9.17, 15) is 14.4 Å². The van der Waals surface area contributed by atoms with Crippen molar-refractivity contribution in [2.45, 2.75) is 39.0 Å². The smallest absolute Gasteiger partial charge is 0.408 e. The van der Waals surface area contributed by atoms with Gasteiger partial charge in [-0.1, -0.05) is 13.3 Å². The molecule has 0 bridgehead atoms. The van der Waals surface area contributed by atoms with Crippen LogP contribution in [-0.4, -0.2) is 34.7 Å². The van der Waals surface area contributed by atoms with Gasteiger partial charge in [0, 0.05) is 31.0 Å². The van der Waals surface area contributed by atoms with Gasteiger partial charge in [-0.3, -0.25) is 14.6 Å². The lowest BCUT2D eigenvalue weighted by Gasteiger charge is -2.31. The summed E-state index contributed by atoms with van der Waals surface area (Å²) in [6.07, 6.45) is 3.90. The predicted molar refractivity (Wildman–Crippen MR) is 90.0 cm³/mol. The van der Waals surface area contributed by atoms with Crippen LogP contribution in [0.2, 0.25) is 0 Å². The molecule has 1 aromatic carbocycles. The number of hydrogen-bond acceptors (Lipinski definition) is 4. The van der Waals surface area contributed by atoms with E-state index in [1.54, 1.807) is 18.2 Å². The maximum Gasteiger partial charge on any atom is 0.417 e. The third-order valence-electron chi connectivity index (χ3n) is 4.67. The lowest BCUT2D eigenvalue weighted by Crippen LogP contribution is -2.40. The quantitative estimate of drug-likeness (QED) is 0.854. The van der Waals surface area contributed by atoms with Gasteiger partial charge in [0.1, 0.15) is 0 Å². The van der Waals surface area contributed by atoms with E-state index in [2.05, 4.69) is 11.9 Å². The second-order valence-corrected chi connectivity index (χ2v) is 6.35. The first-order chi connectivity index (χ1) is 11.6. The van der Waals surface area contributed by atoms with Crippen molar-refractivity contribution in [2.75, 3.05) is 13.1 Å². The molecule has 2 aromatic rings. The number of ketones is 1. The Hall–Kier alpha value is -2.37. The van der Waals surface area contributed by atoms with Gasteiger partial charge in [-0.15, -0.1) is 0 Å². The first kappa shape index (κ1) is 16.5. The van der Waals surface area contributed by atoms with Crippen molar-refractivity contribution in [3.8, 4) is 0 Å². The Labute approximate surface area is 139 Å². The number of unbranched alkanes of at least 4 members (excludes halogenated alkanes) is 1. The molecule has 0 aliphatic carbocycles. The van der Waals surface area contributed by atoms with Crippen LogP contribution >= 0.6 is 0 Å². The minimum Gasteiger partial charge on any atom is -0.408 e. The number of piperidine rings is 1. The molecule has 0 atom stereocenters. The topological polar surface area (TPSA) is 83.4 Å². The largest absolute Gasteiger partial charge is 0.417 e. The number of oxazole rings is 1. The average molecular weight is 330 g/mol. The van der Waals surface area contributed by atoms with Crippen LogP contribution < -0.4 is 5.76 Å². The molecule has 24 heavy (non-hydrogen) atoms.